The number of rotatable bonds is 4. The fraction of sp³-hybridized carbons (Fsp3) is 0.136. The Labute approximate surface area is 161 Å². The molecule has 1 aliphatic rings. The van der Waals surface area contributed by atoms with Gasteiger partial charge in [0.1, 0.15) is 12.0 Å². The molecule has 1 aromatic carbocycles. The molecule has 0 amide bonds. The van der Waals surface area contributed by atoms with Crippen LogP contribution in [0, 0.1) is 12.3 Å². The maximum atomic E-state index is 13.3. The van der Waals surface area contributed by atoms with Crippen LogP contribution in [0.4, 0.5) is 4.39 Å². The summed E-state index contributed by atoms with van der Waals surface area (Å²) < 4.78 is 14.9. The van der Waals surface area contributed by atoms with Crippen molar-refractivity contribution in [2.75, 3.05) is 0 Å². The van der Waals surface area contributed by atoms with Crippen LogP contribution < -0.4 is 5.56 Å². The van der Waals surface area contributed by atoms with Gasteiger partial charge in [-0.1, -0.05) is 42.5 Å². The largest absolute Gasteiger partial charge is 0.308 e. The van der Waals surface area contributed by atoms with Crippen LogP contribution >= 0.6 is 0 Å². The lowest BCUT2D eigenvalue weighted by Gasteiger charge is -2.10. The summed E-state index contributed by atoms with van der Waals surface area (Å²) in [7, 11) is 0. The van der Waals surface area contributed by atoms with Crippen molar-refractivity contribution in [2.24, 2.45) is 0 Å². The van der Waals surface area contributed by atoms with Gasteiger partial charge in [0.2, 0.25) is 0 Å². The van der Waals surface area contributed by atoms with E-state index in [1.54, 1.807) is 16.8 Å². The average Bonchev–Trinajstić information content (AvgIpc) is 3.10. The van der Waals surface area contributed by atoms with Crippen molar-refractivity contribution in [2.45, 2.75) is 19.5 Å². The van der Waals surface area contributed by atoms with Crippen molar-refractivity contribution in [3.8, 4) is 16.9 Å². The van der Waals surface area contributed by atoms with E-state index in [1.807, 2.05) is 49.4 Å². The third-order valence-electron chi connectivity index (χ3n) is 4.73. The molecule has 1 aliphatic carbocycles. The molecule has 3 aromatic rings. The molecule has 140 valence electrons. The molecule has 28 heavy (non-hydrogen) atoms. The molecule has 6 heteroatoms. The van der Waals surface area contributed by atoms with Crippen LogP contribution in [0.15, 0.2) is 65.5 Å². The van der Waals surface area contributed by atoms with Crippen molar-refractivity contribution in [3.63, 3.8) is 0 Å². The molecule has 2 aromatic heterocycles. The third-order valence-corrected chi connectivity index (χ3v) is 4.73. The molecule has 0 radical (unpaired) electrons. The van der Waals surface area contributed by atoms with Crippen LogP contribution in [-0.4, -0.2) is 27.2 Å². The first-order chi connectivity index (χ1) is 13.6. The van der Waals surface area contributed by atoms with E-state index in [1.165, 1.54) is 12.3 Å². The SMILES string of the molecule is Cc1cc(C2=CCC(F)C=C2)nn1-c1[nH]c(=O)c(-c2ccccc2)cc1C=N. The number of pyridine rings is 1. The minimum Gasteiger partial charge on any atom is -0.308 e. The number of H-pyrrole nitrogens is 1. The van der Waals surface area contributed by atoms with Crippen molar-refractivity contribution < 1.29 is 4.39 Å². The second-order valence-electron chi connectivity index (χ2n) is 6.68. The Morgan fingerprint density at radius 2 is 2.07 bits per heavy atom. The lowest BCUT2D eigenvalue weighted by molar-refractivity contribution is 0.402. The number of aromatic amines is 1. The molecule has 1 atom stereocenters. The molecule has 0 saturated carbocycles. The molecular formula is C22H19FN4O. The van der Waals surface area contributed by atoms with E-state index >= 15 is 0 Å². The van der Waals surface area contributed by atoms with Crippen molar-refractivity contribution in [3.05, 3.63) is 88.0 Å². The van der Waals surface area contributed by atoms with E-state index in [0.29, 0.717) is 29.1 Å². The maximum Gasteiger partial charge on any atom is 0.257 e. The maximum absolute atomic E-state index is 13.3. The summed E-state index contributed by atoms with van der Waals surface area (Å²) in [5, 5.41) is 12.4. The highest BCUT2D eigenvalue weighted by Crippen LogP contribution is 2.24. The second kappa shape index (κ2) is 7.23. The first kappa shape index (κ1) is 17.9. The molecule has 0 saturated heterocycles. The quantitative estimate of drug-likeness (QED) is 0.671. The van der Waals surface area contributed by atoms with E-state index in [-0.39, 0.29) is 5.56 Å². The highest BCUT2D eigenvalue weighted by molar-refractivity contribution is 5.84. The lowest BCUT2D eigenvalue weighted by atomic mass is 10.0. The monoisotopic (exact) mass is 374 g/mol. The smallest absolute Gasteiger partial charge is 0.257 e. The topological polar surface area (TPSA) is 74.5 Å². The zero-order chi connectivity index (χ0) is 19.7. The predicted octanol–water partition coefficient (Wildman–Crippen LogP) is 4.22. The number of halogens is 1. The van der Waals surface area contributed by atoms with E-state index < -0.39 is 6.17 Å². The summed E-state index contributed by atoms with van der Waals surface area (Å²) in [4.78, 5) is 15.6. The summed E-state index contributed by atoms with van der Waals surface area (Å²) in [5.74, 6) is 0.437. The fourth-order valence-corrected chi connectivity index (χ4v) is 3.28. The van der Waals surface area contributed by atoms with Gasteiger partial charge in [0.25, 0.3) is 5.56 Å². The molecule has 2 N–H and O–H groups in total. The number of allylic oxidation sites excluding steroid dienone is 4. The Bertz CT molecular complexity index is 1160. The summed E-state index contributed by atoms with van der Waals surface area (Å²) in [5.41, 5.74) is 3.93. The first-order valence-corrected chi connectivity index (χ1v) is 9.00. The number of hydrogen-bond acceptors (Lipinski definition) is 3. The summed E-state index contributed by atoms with van der Waals surface area (Å²) >= 11 is 0. The molecule has 2 heterocycles. The number of nitrogens with zero attached hydrogens (tertiary/aromatic N) is 2. The Kier molecular flexibility index (Phi) is 4.61. The van der Waals surface area contributed by atoms with Gasteiger partial charge in [-0.05, 0) is 36.3 Å². The molecule has 0 fully saturated rings. The Morgan fingerprint density at radius 1 is 1.29 bits per heavy atom. The van der Waals surface area contributed by atoms with Gasteiger partial charge < -0.3 is 10.4 Å². The Hall–Kier alpha value is -3.54. The molecule has 0 bridgehead atoms. The Morgan fingerprint density at radius 3 is 2.75 bits per heavy atom. The number of hydrogen-bond donors (Lipinski definition) is 2. The van der Waals surface area contributed by atoms with Crippen molar-refractivity contribution in [1.29, 1.82) is 5.41 Å². The fourth-order valence-electron chi connectivity index (χ4n) is 3.28. The van der Waals surface area contributed by atoms with Crippen LogP contribution in [0.5, 0.6) is 0 Å². The first-order valence-electron chi connectivity index (χ1n) is 9.00. The normalized spacial score (nSPS) is 16.1. The minimum absolute atomic E-state index is 0.250. The zero-order valence-corrected chi connectivity index (χ0v) is 15.3. The van der Waals surface area contributed by atoms with Gasteiger partial charge in [0, 0.05) is 29.5 Å². The van der Waals surface area contributed by atoms with Gasteiger partial charge in [-0.2, -0.15) is 5.10 Å². The van der Waals surface area contributed by atoms with Gasteiger partial charge in [-0.3, -0.25) is 4.79 Å². The van der Waals surface area contributed by atoms with E-state index in [9.17, 15) is 9.18 Å². The zero-order valence-electron chi connectivity index (χ0n) is 15.3. The average molecular weight is 374 g/mol. The second-order valence-corrected chi connectivity index (χ2v) is 6.68. The molecule has 1 unspecified atom stereocenters. The third kappa shape index (κ3) is 3.24. The summed E-state index contributed by atoms with van der Waals surface area (Å²) in [6.45, 7) is 1.87. The van der Waals surface area contributed by atoms with Gasteiger partial charge in [-0.15, -0.1) is 0 Å². The van der Waals surface area contributed by atoms with Crippen LogP contribution in [0.2, 0.25) is 0 Å². The van der Waals surface area contributed by atoms with Crippen LogP contribution in [0.3, 0.4) is 0 Å². The van der Waals surface area contributed by atoms with Gasteiger partial charge >= 0.3 is 0 Å². The number of alkyl halides is 1. The van der Waals surface area contributed by atoms with E-state index in [4.69, 9.17) is 5.41 Å². The number of aromatic nitrogens is 3. The van der Waals surface area contributed by atoms with Crippen LogP contribution in [0.1, 0.15) is 23.4 Å². The highest BCUT2D eigenvalue weighted by atomic mass is 19.1. The van der Waals surface area contributed by atoms with Gasteiger partial charge in [0.05, 0.1) is 5.69 Å². The molecular weight excluding hydrogens is 355 g/mol. The standard InChI is InChI=1S/C22H19FN4O/c1-14-11-20(16-7-9-18(23)10-8-16)26-27(14)21-17(13-24)12-19(22(28)25-21)15-5-3-2-4-6-15/h2-9,11-13,18,24H,10H2,1H3,(H,25,28). The molecule has 0 aliphatic heterocycles. The van der Waals surface area contributed by atoms with E-state index in [0.717, 1.165) is 16.8 Å². The molecule has 4 rings (SSSR count). The minimum atomic E-state index is -0.960. The predicted molar refractivity (Wildman–Crippen MR) is 109 cm³/mol. The van der Waals surface area contributed by atoms with Gasteiger partial charge in [-0.25, -0.2) is 9.07 Å². The highest BCUT2D eigenvalue weighted by Gasteiger charge is 2.16. The molecule has 5 nitrogen and oxygen atoms in total. The summed E-state index contributed by atoms with van der Waals surface area (Å²) in [6.07, 6.45) is 5.62. The number of aryl methyl sites for hydroxylation is 1. The number of benzene rings is 1. The van der Waals surface area contributed by atoms with Crippen molar-refractivity contribution in [1.82, 2.24) is 14.8 Å². The number of nitrogens with one attached hydrogen (secondary N) is 2. The van der Waals surface area contributed by atoms with E-state index in [2.05, 4.69) is 10.1 Å². The van der Waals surface area contributed by atoms with Gasteiger partial charge in [0.15, 0.2) is 0 Å². The molecule has 0 spiro atoms. The van der Waals surface area contributed by atoms with Crippen LogP contribution in [0.25, 0.3) is 22.5 Å². The van der Waals surface area contributed by atoms with Crippen LogP contribution in [-0.2, 0) is 0 Å². The summed E-state index contributed by atoms with van der Waals surface area (Å²) in [6, 6.07) is 12.9. The lowest BCUT2D eigenvalue weighted by Crippen LogP contribution is -2.17. The van der Waals surface area contributed by atoms with Crippen molar-refractivity contribution >= 4 is 11.8 Å². The Balaban J connectivity index is 1.80.